The number of allylic oxidation sites excluding steroid dienone is 3. The number of nitriles is 1. The molecule has 1 aromatic rings. The average molecular weight is 567 g/mol. The van der Waals surface area contributed by atoms with E-state index in [1.807, 2.05) is 30.1 Å². The van der Waals surface area contributed by atoms with Crippen LogP contribution in [0.5, 0.6) is 0 Å². The third-order valence-corrected chi connectivity index (χ3v) is 7.03. The minimum absolute atomic E-state index is 0.0957. The van der Waals surface area contributed by atoms with Gasteiger partial charge in [-0.05, 0) is 17.0 Å². The van der Waals surface area contributed by atoms with Gasteiger partial charge >= 0.3 is 5.97 Å². The standard InChI is InChI=1S/C26H28N4O2S2.C3H6O2/c1-3-7-24(33)26(32)30-13-11-29(12-14-30)25(21(16-27)18-31)22-10-15-34-19-23(22)28(2)17-20-8-5-4-6-9-20;1-3(4)5-2/h3-10,18-19,33H,1,11-15,17H2,2H3;1-2H3/b24-7-,25-21+;. The molecule has 0 aliphatic carbocycles. The topological polar surface area (TPSA) is 94.0 Å². The molecule has 0 N–H and O–H groups in total. The van der Waals surface area contributed by atoms with Crippen LogP contribution in [-0.4, -0.2) is 79.0 Å². The summed E-state index contributed by atoms with van der Waals surface area (Å²) >= 11 is 5.94. The SMILES string of the molecule is C=C/C=C(\S)C(=O)N1CCN(/C(C2=CCSC=C2N(C)Cc2ccccc2)=C(\C#N)C=O)CC1.COC(C)=O. The number of carbonyl (C=O) groups is 3. The van der Waals surface area contributed by atoms with E-state index in [4.69, 9.17) is 0 Å². The van der Waals surface area contributed by atoms with Crippen LogP contribution in [0.15, 0.2) is 88.0 Å². The Labute approximate surface area is 240 Å². The lowest BCUT2D eigenvalue weighted by Crippen LogP contribution is -2.49. The highest BCUT2D eigenvalue weighted by Crippen LogP contribution is 2.34. The number of thiol groups is 1. The third kappa shape index (κ3) is 9.23. The van der Waals surface area contributed by atoms with Gasteiger partial charge in [0.2, 0.25) is 0 Å². The first-order valence-corrected chi connectivity index (χ1v) is 13.7. The summed E-state index contributed by atoms with van der Waals surface area (Å²) in [5.41, 5.74) is 3.74. The number of hydrogen-bond acceptors (Lipinski definition) is 9. The summed E-state index contributed by atoms with van der Waals surface area (Å²) in [5.74, 6) is 0.359. The Hall–Kier alpha value is -3.68. The number of thioether (sulfide) groups is 1. The number of esters is 1. The van der Waals surface area contributed by atoms with Gasteiger partial charge in [-0.25, -0.2) is 0 Å². The monoisotopic (exact) mass is 566 g/mol. The lowest BCUT2D eigenvalue weighted by Gasteiger charge is -2.39. The number of hydrogen-bond donors (Lipinski definition) is 1. The fraction of sp³-hybridized carbons (Fsp3) is 0.310. The quantitative estimate of drug-likeness (QED) is 0.126. The lowest BCUT2D eigenvalue weighted by atomic mass is 10.0. The number of methoxy groups -OCH3 is 1. The summed E-state index contributed by atoms with van der Waals surface area (Å²) in [7, 11) is 3.36. The van der Waals surface area contributed by atoms with Crippen molar-refractivity contribution in [2.24, 2.45) is 0 Å². The van der Waals surface area contributed by atoms with E-state index < -0.39 is 0 Å². The van der Waals surface area contributed by atoms with Crippen molar-refractivity contribution in [2.75, 3.05) is 46.1 Å². The van der Waals surface area contributed by atoms with Crippen molar-refractivity contribution in [3.63, 3.8) is 0 Å². The number of likely N-dealkylation sites (N-methyl/N-ethyl adjacent to an activating group) is 1. The molecule has 1 fully saturated rings. The molecule has 0 atom stereocenters. The van der Waals surface area contributed by atoms with Gasteiger partial charge in [0.05, 0.1) is 23.4 Å². The summed E-state index contributed by atoms with van der Waals surface area (Å²) in [6.07, 6.45) is 5.82. The smallest absolute Gasteiger partial charge is 0.302 e. The fourth-order valence-corrected chi connectivity index (χ4v) is 5.05. The van der Waals surface area contributed by atoms with Crippen LogP contribution in [0.1, 0.15) is 12.5 Å². The Morgan fingerprint density at radius 3 is 2.36 bits per heavy atom. The minimum Gasteiger partial charge on any atom is -0.469 e. The molecule has 0 aromatic heterocycles. The van der Waals surface area contributed by atoms with E-state index in [0.717, 1.165) is 17.0 Å². The molecule has 1 saturated heterocycles. The van der Waals surface area contributed by atoms with Gasteiger partial charge in [0, 0.05) is 58.0 Å². The largest absolute Gasteiger partial charge is 0.469 e. The Morgan fingerprint density at radius 1 is 1.21 bits per heavy atom. The molecule has 10 heteroatoms. The zero-order valence-corrected chi connectivity index (χ0v) is 24.2. The first-order valence-electron chi connectivity index (χ1n) is 12.2. The molecular weight excluding hydrogens is 532 g/mol. The van der Waals surface area contributed by atoms with E-state index >= 15 is 0 Å². The van der Waals surface area contributed by atoms with Gasteiger partial charge in [-0.2, -0.15) is 5.26 Å². The van der Waals surface area contributed by atoms with Crippen LogP contribution < -0.4 is 0 Å². The Bertz CT molecular complexity index is 1210. The molecular formula is C29H34N4O4S2. The van der Waals surface area contributed by atoms with Crippen LogP contribution in [0.25, 0.3) is 0 Å². The number of carbonyl (C=O) groups excluding carboxylic acids is 3. The van der Waals surface area contributed by atoms with E-state index in [-0.39, 0.29) is 17.4 Å². The third-order valence-electron chi connectivity index (χ3n) is 5.94. The second kappa shape index (κ2) is 16.3. The number of amides is 1. The molecule has 0 saturated carbocycles. The van der Waals surface area contributed by atoms with Crippen LogP contribution in [0.2, 0.25) is 0 Å². The van der Waals surface area contributed by atoms with Crippen LogP contribution >= 0.6 is 24.4 Å². The van der Waals surface area contributed by atoms with Crippen LogP contribution in [0.4, 0.5) is 0 Å². The summed E-state index contributed by atoms with van der Waals surface area (Å²) in [5, 5.41) is 11.9. The molecule has 3 rings (SSSR count). The summed E-state index contributed by atoms with van der Waals surface area (Å²) in [6.45, 7) is 7.62. The van der Waals surface area contributed by atoms with Crippen molar-refractivity contribution in [3.8, 4) is 6.07 Å². The highest BCUT2D eigenvalue weighted by molar-refractivity contribution is 8.02. The zero-order valence-electron chi connectivity index (χ0n) is 22.5. The van der Waals surface area contributed by atoms with Crippen molar-refractivity contribution >= 4 is 42.6 Å². The van der Waals surface area contributed by atoms with Crippen LogP contribution in [0.3, 0.4) is 0 Å². The van der Waals surface area contributed by atoms with E-state index in [1.165, 1.54) is 25.7 Å². The molecule has 2 aliphatic rings. The molecule has 0 bridgehead atoms. The van der Waals surface area contributed by atoms with E-state index in [2.05, 4.69) is 58.5 Å². The van der Waals surface area contributed by atoms with Crippen molar-refractivity contribution in [1.82, 2.24) is 14.7 Å². The summed E-state index contributed by atoms with van der Waals surface area (Å²) in [4.78, 5) is 40.3. The Kier molecular flexibility index (Phi) is 13.2. The normalized spacial score (nSPS) is 15.8. The van der Waals surface area contributed by atoms with E-state index in [9.17, 15) is 19.6 Å². The summed E-state index contributed by atoms with van der Waals surface area (Å²) in [6, 6.07) is 12.2. The number of benzene rings is 1. The molecule has 8 nitrogen and oxygen atoms in total. The van der Waals surface area contributed by atoms with Gasteiger partial charge in [0.1, 0.15) is 11.6 Å². The molecule has 1 aromatic carbocycles. The highest BCUT2D eigenvalue weighted by atomic mass is 32.2. The van der Waals surface area contributed by atoms with Gasteiger partial charge in [-0.3, -0.25) is 14.4 Å². The van der Waals surface area contributed by atoms with Gasteiger partial charge < -0.3 is 19.4 Å². The Balaban J connectivity index is 0.000000976. The minimum atomic E-state index is -0.245. The molecule has 1 amide bonds. The Morgan fingerprint density at radius 2 is 1.82 bits per heavy atom. The maximum absolute atomic E-state index is 12.6. The number of nitrogens with zero attached hydrogens (tertiary/aromatic N) is 4. The molecule has 2 heterocycles. The predicted molar refractivity (Wildman–Crippen MR) is 158 cm³/mol. The molecule has 0 radical (unpaired) electrons. The van der Waals surface area contributed by atoms with Crippen molar-refractivity contribution in [3.05, 3.63) is 93.6 Å². The van der Waals surface area contributed by atoms with E-state index in [1.54, 1.807) is 22.7 Å². The predicted octanol–water partition coefficient (Wildman–Crippen LogP) is 3.93. The summed E-state index contributed by atoms with van der Waals surface area (Å²) < 4.78 is 4.11. The van der Waals surface area contributed by atoms with Crippen molar-refractivity contribution in [2.45, 2.75) is 13.5 Å². The number of ether oxygens (including phenoxy) is 1. The molecule has 0 spiro atoms. The maximum atomic E-state index is 12.6. The highest BCUT2D eigenvalue weighted by Gasteiger charge is 2.29. The molecule has 39 heavy (non-hydrogen) atoms. The van der Waals surface area contributed by atoms with Gasteiger partial charge in [-0.15, -0.1) is 24.4 Å². The number of rotatable bonds is 8. The second-order valence-electron chi connectivity index (χ2n) is 8.55. The van der Waals surface area contributed by atoms with E-state index in [0.29, 0.717) is 49.6 Å². The molecule has 0 unspecified atom stereocenters. The lowest BCUT2D eigenvalue weighted by molar-refractivity contribution is -0.138. The number of aldehydes is 1. The van der Waals surface area contributed by atoms with Gasteiger partial charge in [0.15, 0.2) is 6.29 Å². The van der Waals surface area contributed by atoms with Crippen LogP contribution in [0, 0.1) is 11.3 Å². The second-order valence-corrected chi connectivity index (χ2v) is 9.93. The first kappa shape index (κ1) is 31.5. The van der Waals surface area contributed by atoms with Gasteiger partial charge in [-0.1, -0.05) is 49.1 Å². The van der Waals surface area contributed by atoms with Gasteiger partial charge in [0.25, 0.3) is 5.91 Å². The fourth-order valence-electron chi connectivity index (χ4n) is 3.98. The molecule has 2 aliphatic heterocycles. The zero-order chi connectivity index (χ0) is 28.8. The van der Waals surface area contributed by atoms with Crippen LogP contribution in [-0.2, 0) is 25.7 Å². The first-order chi connectivity index (χ1) is 18.8. The van der Waals surface area contributed by atoms with Crippen molar-refractivity contribution in [1.29, 1.82) is 5.26 Å². The average Bonchev–Trinajstić information content (AvgIpc) is 2.96. The molecule has 206 valence electrons. The van der Waals surface area contributed by atoms with Crippen molar-refractivity contribution < 1.29 is 19.1 Å². The number of piperazine rings is 1. The maximum Gasteiger partial charge on any atom is 0.302 e.